The van der Waals surface area contributed by atoms with Gasteiger partial charge in [-0.05, 0) is 49.2 Å². The van der Waals surface area contributed by atoms with Crippen LogP contribution in [0.4, 0.5) is 0 Å². The molecule has 3 aromatic rings. The number of halogens is 3. The van der Waals surface area contributed by atoms with Gasteiger partial charge in [0.25, 0.3) is 11.5 Å². The Bertz CT molecular complexity index is 1110. The fourth-order valence-electron chi connectivity index (χ4n) is 3.37. The molecule has 0 N–H and O–H groups in total. The lowest BCUT2D eigenvalue weighted by atomic mass is 10.1. The maximum atomic E-state index is 13.4. The van der Waals surface area contributed by atoms with Crippen molar-refractivity contribution in [2.24, 2.45) is 5.92 Å². The van der Waals surface area contributed by atoms with Gasteiger partial charge in [-0.3, -0.25) is 14.2 Å². The molecule has 0 radical (unpaired) electrons. The van der Waals surface area contributed by atoms with Crippen LogP contribution in [0.3, 0.4) is 0 Å². The fraction of sp³-hybridized carbons (Fsp3) is 0.318. The van der Waals surface area contributed by atoms with E-state index in [0.29, 0.717) is 29.0 Å². The van der Waals surface area contributed by atoms with Gasteiger partial charge in [-0.2, -0.15) is 0 Å². The number of carbonyl (C=O) groups excluding carboxylic acids is 1. The molecule has 158 valence electrons. The molecule has 1 heterocycles. The van der Waals surface area contributed by atoms with Crippen molar-refractivity contribution in [2.75, 3.05) is 6.54 Å². The zero-order valence-corrected chi connectivity index (χ0v) is 19.9. The Kier molecular flexibility index (Phi) is 7.22. The molecular weight excluding hydrogens is 489 g/mol. The second-order valence-electron chi connectivity index (χ2n) is 7.47. The molecule has 0 aliphatic rings. The summed E-state index contributed by atoms with van der Waals surface area (Å²) in [5, 5.41) is 0.505. The average Bonchev–Trinajstić information content (AvgIpc) is 2.71. The Morgan fingerprint density at radius 3 is 2.33 bits per heavy atom. The summed E-state index contributed by atoms with van der Waals surface area (Å²) in [5.41, 5.74) is 1.03. The Morgan fingerprint density at radius 1 is 1.10 bits per heavy atom. The van der Waals surface area contributed by atoms with E-state index in [1.807, 2.05) is 51.1 Å². The first-order valence-electron chi connectivity index (χ1n) is 9.57. The number of hydrogen-bond donors (Lipinski definition) is 0. The number of benzene rings is 2. The summed E-state index contributed by atoms with van der Waals surface area (Å²) in [7, 11) is 0. The standard InChI is InChI=1S/C22H22BrCl2N3O2/c1-13(2)12-27(22(30)19(24)25)14(3)20-26-18-7-5-4-6-17(18)21(29)28(20)16-10-8-15(23)9-11-16/h4-11,13-14,19H,12H2,1-3H3. The SMILES string of the molecule is CC(C)CN(C(=O)C(Cl)Cl)C(C)c1nc2ccccc2c(=O)n1-c1ccc(Br)cc1. The van der Waals surface area contributed by atoms with Gasteiger partial charge >= 0.3 is 0 Å². The molecule has 5 nitrogen and oxygen atoms in total. The number of para-hydroxylation sites is 1. The number of nitrogens with zero attached hydrogens (tertiary/aromatic N) is 3. The molecular formula is C22H22BrCl2N3O2. The van der Waals surface area contributed by atoms with E-state index in [4.69, 9.17) is 28.2 Å². The largest absolute Gasteiger partial charge is 0.330 e. The fourth-order valence-corrected chi connectivity index (χ4v) is 3.88. The molecule has 1 atom stereocenters. The van der Waals surface area contributed by atoms with E-state index in [1.54, 1.807) is 27.7 Å². The van der Waals surface area contributed by atoms with E-state index in [-0.39, 0.29) is 11.5 Å². The van der Waals surface area contributed by atoms with Gasteiger partial charge in [0.05, 0.1) is 22.6 Å². The lowest BCUT2D eigenvalue weighted by Crippen LogP contribution is -2.41. The molecule has 1 aromatic heterocycles. The van der Waals surface area contributed by atoms with Gasteiger partial charge in [-0.25, -0.2) is 4.98 Å². The van der Waals surface area contributed by atoms with Crippen LogP contribution in [0.15, 0.2) is 57.8 Å². The molecule has 0 fully saturated rings. The van der Waals surface area contributed by atoms with Crippen molar-refractivity contribution in [1.29, 1.82) is 0 Å². The summed E-state index contributed by atoms with van der Waals surface area (Å²) < 4.78 is 2.45. The number of hydrogen-bond acceptors (Lipinski definition) is 3. The Hall–Kier alpha value is -1.89. The van der Waals surface area contributed by atoms with Crippen LogP contribution in [0.25, 0.3) is 16.6 Å². The first-order valence-corrected chi connectivity index (χ1v) is 11.2. The topological polar surface area (TPSA) is 55.2 Å². The minimum Gasteiger partial charge on any atom is -0.330 e. The highest BCUT2D eigenvalue weighted by molar-refractivity contribution is 9.10. The molecule has 8 heteroatoms. The number of alkyl halides is 2. The molecule has 2 aromatic carbocycles. The monoisotopic (exact) mass is 509 g/mol. The van der Waals surface area contributed by atoms with Crippen LogP contribution in [0.2, 0.25) is 0 Å². The average molecular weight is 511 g/mol. The maximum Gasteiger partial charge on any atom is 0.266 e. The summed E-state index contributed by atoms with van der Waals surface area (Å²) in [6.45, 7) is 6.27. The Morgan fingerprint density at radius 2 is 1.73 bits per heavy atom. The summed E-state index contributed by atoms with van der Waals surface area (Å²) in [6.07, 6.45) is 0. The number of amides is 1. The van der Waals surface area contributed by atoms with Crippen molar-refractivity contribution in [1.82, 2.24) is 14.5 Å². The van der Waals surface area contributed by atoms with E-state index in [0.717, 1.165) is 4.47 Å². The molecule has 3 rings (SSSR count). The summed E-state index contributed by atoms with van der Waals surface area (Å²) in [4.78, 5) is 31.4. The van der Waals surface area contributed by atoms with E-state index < -0.39 is 16.8 Å². The van der Waals surface area contributed by atoms with Gasteiger partial charge in [0, 0.05) is 11.0 Å². The molecule has 0 saturated heterocycles. The zero-order valence-electron chi connectivity index (χ0n) is 16.8. The normalized spacial score (nSPS) is 12.5. The third-order valence-corrected chi connectivity index (χ3v) is 5.66. The van der Waals surface area contributed by atoms with Gasteiger partial charge in [-0.1, -0.05) is 65.1 Å². The highest BCUT2D eigenvalue weighted by Gasteiger charge is 2.30. The molecule has 30 heavy (non-hydrogen) atoms. The van der Waals surface area contributed by atoms with Crippen LogP contribution in [-0.2, 0) is 4.79 Å². The number of fused-ring (bicyclic) bond motifs is 1. The quantitative estimate of drug-likeness (QED) is 0.411. The molecule has 0 spiro atoms. The summed E-state index contributed by atoms with van der Waals surface area (Å²) in [6, 6.07) is 14.0. The van der Waals surface area contributed by atoms with Crippen LogP contribution in [0.1, 0.15) is 32.6 Å². The lowest BCUT2D eigenvalue weighted by Gasteiger charge is -2.32. The second kappa shape index (κ2) is 9.50. The van der Waals surface area contributed by atoms with Crippen molar-refractivity contribution in [3.63, 3.8) is 0 Å². The maximum absolute atomic E-state index is 13.4. The number of aromatic nitrogens is 2. The Balaban J connectivity index is 2.27. The molecule has 0 aliphatic heterocycles. The minimum absolute atomic E-state index is 0.178. The van der Waals surface area contributed by atoms with Gasteiger partial charge < -0.3 is 4.90 Å². The van der Waals surface area contributed by atoms with Crippen LogP contribution in [-0.4, -0.2) is 31.7 Å². The van der Waals surface area contributed by atoms with Crippen molar-refractivity contribution >= 4 is 55.9 Å². The lowest BCUT2D eigenvalue weighted by molar-refractivity contribution is -0.132. The number of rotatable bonds is 6. The summed E-state index contributed by atoms with van der Waals surface area (Å²) in [5.74, 6) is 0.213. The van der Waals surface area contributed by atoms with Crippen LogP contribution in [0.5, 0.6) is 0 Å². The van der Waals surface area contributed by atoms with Gasteiger partial charge in [-0.15, -0.1) is 0 Å². The van der Waals surface area contributed by atoms with Crippen molar-refractivity contribution in [2.45, 2.75) is 31.6 Å². The van der Waals surface area contributed by atoms with Gasteiger partial charge in [0.2, 0.25) is 0 Å². The first kappa shape index (κ1) is 22.8. The first-order chi connectivity index (χ1) is 14.2. The second-order valence-corrected chi connectivity index (χ2v) is 9.48. The van der Waals surface area contributed by atoms with E-state index in [9.17, 15) is 9.59 Å². The zero-order chi connectivity index (χ0) is 22.0. The Labute approximate surface area is 193 Å². The van der Waals surface area contributed by atoms with Gasteiger partial charge in [0.15, 0.2) is 4.84 Å². The smallest absolute Gasteiger partial charge is 0.266 e. The van der Waals surface area contributed by atoms with Crippen LogP contribution >= 0.6 is 39.1 Å². The van der Waals surface area contributed by atoms with Crippen LogP contribution in [0, 0.1) is 5.92 Å². The van der Waals surface area contributed by atoms with E-state index in [1.165, 1.54) is 0 Å². The van der Waals surface area contributed by atoms with Crippen molar-refractivity contribution in [3.05, 3.63) is 69.2 Å². The molecule has 1 unspecified atom stereocenters. The van der Waals surface area contributed by atoms with Crippen molar-refractivity contribution in [3.8, 4) is 5.69 Å². The highest BCUT2D eigenvalue weighted by atomic mass is 79.9. The predicted octanol–water partition coefficient (Wildman–Crippen LogP) is 5.50. The third-order valence-electron chi connectivity index (χ3n) is 4.76. The molecule has 1 amide bonds. The number of carbonyl (C=O) groups is 1. The van der Waals surface area contributed by atoms with E-state index in [2.05, 4.69) is 15.9 Å². The minimum atomic E-state index is -1.19. The molecule has 0 saturated carbocycles. The highest BCUT2D eigenvalue weighted by Crippen LogP contribution is 2.26. The van der Waals surface area contributed by atoms with Crippen LogP contribution < -0.4 is 5.56 Å². The molecule has 0 aliphatic carbocycles. The van der Waals surface area contributed by atoms with Gasteiger partial charge in [0.1, 0.15) is 5.82 Å². The van der Waals surface area contributed by atoms with Crippen molar-refractivity contribution < 1.29 is 4.79 Å². The summed E-state index contributed by atoms with van der Waals surface area (Å²) >= 11 is 15.3. The van der Waals surface area contributed by atoms with E-state index >= 15 is 0 Å². The third kappa shape index (κ3) is 4.71. The predicted molar refractivity (Wildman–Crippen MR) is 126 cm³/mol. The molecule has 0 bridgehead atoms.